The largest absolute Gasteiger partial charge is 0.321 e. The SMILES string of the molecule is O=C(NNc1nc2c([nH]c1=O)CCCC2)C1(C2CC2)CC1. The molecule has 0 atom stereocenters. The van der Waals surface area contributed by atoms with E-state index < -0.39 is 0 Å². The highest BCUT2D eigenvalue weighted by molar-refractivity contribution is 5.86. The van der Waals surface area contributed by atoms with Crippen molar-refractivity contribution in [3.8, 4) is 0 Å². The molecule has 21 heavy (non-hydrogen) atoms. The Labute approximate surface area is 122 Å². The van der Waals surface area contributed by atoms with Gasteiger partial charge in [-0.25, -0.2) is 4.98 Å². The van der Waals surface area contributed by atoms with Crippen molar-refractivity contribution in [2.24, 2.45) is 11.3 Å². The molecule has 1 heterocycles. The molecule has 0 unspecified atom stereocenters. The number of hydrogen-bond acceptors (Lipinski definition) is 4. The summed E-state index contributed by atoms with van der Waals surface area (Å²) in [6, 6.07) is 0. The highest BCUT2D eigenvalue weighted by atomic mass is 16.2. The first-order valence-corrected chi connectivity index (χ1v) is 7.87. The van der Waals surface area contributed by atoms with Crippen LogP contribution in [0.15, 0.2) is 4.79 Å². The summed E-state index contributed by atoms with van der Waals surface area (Å²) in [5.74, 6) is 0.772. The Morgan fingerprint density at radius 1 is 1.24 bits per heavy atom. The van der Waals surface area contributed by atoms with Crippen molar-refractivity contribution in [1.82, 2.24) is 15.4 Å². The smallest absolute Gasteiger partial charge is 0.292 e. The van der Waals surface area contributed by atoms with E-state index in [1.165, 1.54) is 0 Å². The highest BCUT2D eigenvalue weighted by Gasteiger charge is 2.59. The predicted octanol–water partition coefficient (Wildman–Crippen LogP) is 1.28. The van der Waals surface area contributed by atoms with Crippen LogP contribution in [0.3, 0.4) is 0 Å². The van der Waals surface area contributed by atoms with Gasteiger partial charge in [0.05, 0.1) is 11.1 Å². The van der Waals surface area contributed by atoms with Gasteiger partial charge in [0, 0.05) is 5.69 Å². The minimum atomic E-state index is -0.257. The van der Waals surface area contributed by atoms with Crippen molar-refractivity contribution < 1.29 is 4.79 Å². The second kappa shape index (κ2) is 4.58. The summed E-state index contributed by atoms with van der Waals surface area (Å²) in [5, 5.41) is 0. The third kappa shape index (κ3) is 2.22. The molecular formula is C15H20N4O2. The normalized spacial score (nSPS) is 22.3. The van der Waals surface area contributed by atoms with Crippen molar-refractivity contribution in [2.75, 3.05) is 5.43 Å². The van der Waals surface area contributed by atoms with E-state index in [0.29, 0.717) is 5.92 Å². The average molecular weight is 288 g/mol. The molecule has 1 amide bonds. The number of aromatic amines is 1. The quantitative estimate of drug-likeness (QED) is 0.728. The standard InChI is InChI=1S/C15H20N4O2/c20-13-12(16-10-3-1-2-4-11(10)17-13)18-19-14(21)15(7-8-15)9-5-6-9/h9H,1-8H2,(H,16,18)(H,17,20)(H,19,21). The number of fused-ring (bicyclic) bond motifs is 1. The maximum absolute atomic E-state index is 12.3. The van der Waals surface area contributed by atoms with Crippen LogP contribution in [0.4, 0.5) is 5.82 Å². The van der Waals surface area contributed by atoms with Gasteiger partial charge in [0.1, 0.15) is 0 Å². The molecule has 6 nitrogen and oxygen atoms in total. The molecule has 2 saturated carbocycles. The van der Waals surface area contributed by atoms with E-state index >= 15 is 0 Å². The van der Waals surface area contributed by atoms with Crippen molar-refractivity contribution in [2.45, 2.75) is 51.4 Å². The van der Waals surface area contributed by atoms with E-state index in [2.05, 4.69) is 20.8 Å². The number of hydrogen-bond donors (Lipinski definition) is 3. The number of nitrogens with zero attached hydrogens (tertiary/aromatic N) is 1. The summed E-state index contributed by atoms with van der Waals surface area (Å²) >= 11 is 0. The van der Waals surface area contributed by atoms with Crippen LogP contribution < -0.4 is 16.4 Å². The third-order valence-corrected chi connectivity index (χ3v) is 5.06. The monoisotopic (exact) mass is 288 g/mol. The predicted molar refractivity (Wildman–Crippen MR) is 77.7 cm³/mol. The molecule has 0 aromatic carbocycles. The first-order chi connectivity index (χ1) is 10.2. The molecule has 4 rings (SSSR count). The fourth-order valence-electron chi connectivity index (χ4n) is 3.45. The summed E-state index contributed by atoms with van der Waals surface area (Å²) in [6.07, 6.45) is 8.23. The van der Waals surface area contributed by atoms with Crippen LogP contribution in [-0.2, 0) is 17.6 Å². The number of anilines is 1. The second-order valence-corrected chi connectivity index (χ2v) is 6.56. The summed E-state index contributed by atoms with van der Waals surface area (Å²) in [4.78, 5) is 31.5. The molecule has 0 spiro atoms. The summed E-state index contributed by atoms with van der Waals surface area (Å²) in [6.45, 7) is 0. The van der Waals surface area contributed by atoms with Gasteiger partial charge in [-0.2, -0.15) is 0 Å². The Morgan fingerprint density at radius 2 is 2.00 bits per heavy atom. The molecule has 3 aliphatic rings. The van der Waals surface area contributed by atoms with E-state index in [9.17, 15) is 9.59 Å². The minimum Gasteiger partial charge on any atom is -0.321 e. The number of rotatable bonds is 4. The van der Waals surface area contributed by atoms with E-state index in [1.54, 1.807) is 0 Å². The van der Waals surface area contributed by atoms with Crippen LogP contribution >= 0.6 is 0 Å². The number of carbonyl (C=O) groups is 1. The molecule has 6 heteroatoms. The van der Waals surface area contributed by atoms with Crippen molar-refractivity contribution in [1.29, 1.82) is 0 Å². The summed E-state index contributed by atoms with van der Waals surface area (Å²) < 4.78 is 0. The molecule has 1 aromatic rings. The maximum atomic E-state index is 12.3. The van der Waals surface area contributed by atoms with Crippen LogP contribution in [0.1, 0.15) is 49.9 Å². The molecule has 0 radical (unpaired) electrons. The number of H-pyrrole nitrogens is 1. The number of aromatic nitrogens is 2. The fraction of sp³-hybridized carbons (Fsp3) is 0.667. The highest BCUT2D eigenvalue weighted by Crippen LogP contribution is 2.61. The van der Waals surface area contributed by atoms with Gasteiger partial charge in [-0.3, -0.25) is 20.4 Å². The van der Waals surface area contributed by atoms with Gasteiger partial charge in [-0.15, -0.1) is 0 Å². The minimum absolute atomic E-state index is 0.0175. The van der Waals surface area contributed by atoms with Crippen LogP contribution in [-0.4, -0.2) is 15.9 Å². The number of nitrogens with one attached hydrogen (secondary N) is 3. The van der Waals surface area contributed by atoms with Gasteiger partial charge in [0.25, 0.3) is 5.56 Å². The lowest BCUT2D eigenvalue weighted by Crippen LogP contribution is -2.39. The van der Waals surface area contributed by atoms with E-state index in [0.717, 1.165) is 62.8 Å². The molecule has 1 aromatic heterocycles. The van der Waals surface area contributed by atoms with Crippen molar-refractivity contribution in [3.63, 3.8) is 0 Å². The molecule has 112 valence electrons. The first-order valence-electron chi connectivity index (χ1n) is 7.87. The summed E-state index contributed by atoms with van der Waals surface area (Å²) in [7, 11) is 0. The molecule has 3 aliphatic carbocycles. The van der Waals surface area contributed by atoms with Gasteiger partial charge >= 0.3 is 0 Å². The van der Waals surface area contributed by atoms with Gasteiger partial charge in [0.2, 0.25) is 11.7 Å². The third-order valence-electron chi connectivity index (χ3n) is 5.06. The van der Waals surface area contributed by atoms with E-state index in [1.807, 2.05) is 0 Å². The van der Waals surface area contributed by atoms with Gasteiger partial charge in [-0.1, -0.05) is 0 Å². The Kier molecular flexibility index (Phi) is 2.80. The number of amides is 1. The topological polar surface area (TPSA) is 86.9 Å². The van der Waals surface area contributed by atoms with Gasteiger partial charge < -0.3 is 4.98 Å². The Morgan fingerprint density at radius 3 is 2.71 bits per heavy atom. The van der Waals surface area contributed by atoms with Crippen LogP contribution in [0, 0.1) is 11.3 Å². The Hall–Kier alpha value is -1.85. The lowest BCUT2D eigenvalue weighted by atomic mass is 10.0. The molecule has 0 saturated heterocycles. The number of carbonyl (C=O) groups excluding carboxylic acids is 1. The summed E-state index contributed by atoms with van der Waals surface area (Å²) in [5.41, 5.74) is 6.91. The molecular weight excluding hydrogens is 268 g/mol. The Balaban J connectivity index is 1.47. The number of aryl methyl sites for hydroxylation is 2. The maximum Gasteiger partial charge on any atom is 0.292 e. The van der Waals surface area contributed by atoms with E-state index in [4.69, 9.17) is 0 Å². The lowest BCUT2D eigenvalue weighted by Gasteiger charge is -2.17. The van der Waals surface area contributed by atoms with Crippen LogP contribution in [0.5, 0.6) is 0 Å². The van der Waals surface area contributed by atoms with Crippen molar-refractivity contribution >= 4 is 11.7 Å². The zero-order chi connectivity index (χ0) is 14.4. The zero-order valence-corrected chi connectivity index (χ0v) is 12.0. The zero-order valence-electron chi connectivity index (χ0n) is 12.0. The molecule has 0 bridgehead atoms. The van der Waals surface area contributed by atoms with Gasteiger partial charge in [0.15, 0.2) is 0 Å². The first kappa shape index (κ1) is 12.9. The molecule has 3 N–H and O–H groups in total. The Bertz CT molecular complexity index is 644. The number of hydrazine groups is 1. The van der Waals surface area contributed by atoms with Gasteiger partial charge in [-0.05, 0) is 57.3 Å². The lowest BCUT2D eigenvalue weighted by molar-refractivity contribution is -0.126. The molecule has 2 fully saturated rings. The van der Waals surface area contributed by atoms with E-state index in [-0.39, 0.29) is 22.7 Å². The average Bonchev–Trinajstić information content (AvgIpc) is 3.37. The second-order valence-electron chi connectivity index (χ2n) is 6.56. The van der Waals surface area contributed by atoms with Crippen LogP contribution in [0.25, 0.3) is 0 Å². The van der Waals surface area contributed by atoms with Crippen LogP contribution in [0.2, 0.25) is 0 Å². The molecule has 0 aliphatic heterocycles. The fourth-order valence-corrected chi connectivity index (χ4v) is 3.45. The van der Waals surface area contributed by atoms with Crippen molar-refractivity contribution in [3.05, 3.63) is 21.7 Å².